The monoisotopic (exact) mass is 314 g/mol. The number of hydrogen-bond donors (Lipinski definition) is 2. The Morgan fingerprint density at radius 1 is 1.56 bits per heavy atom. The number of halogens is 1. The Balaban J connectivity index is 2.72. The average Bonchev–Trinajstić information content (AvgIpc) is 2.28. The van der Waals surface area contributed by atoms with Crippen molar-refractivity contribution in [1.29, 1.82) is 0 Å². The van der Waals surface area contributed by atoms with Gasteiger partial charge in [0.15, 0.2) is 0 Å². The van der Waals surface area contributed by atoms with E-state index in [1.165, 1.54) is 0 Å². The van der Waals surface area contributed by atoms with Crippen LogP contribution in [-0.4, -0.2) is 28.0 Å². The number of rotatable bonds is 6. The zero-order valence-corrected chi connectivity index (χ0v) is 11.6. The maximum atomic E-state index is 12.0. The summed E-state index contributed by atoms with van der Waals surface area (Å²) < 4.78 is 0.452. The highest BCUT2D eigenvalue weighted by Gasteiger charge is 2.17. The fraction of sp³-hybridized carbons (Fsp3) is 0.417. The molecule has 1 aromatic heterocycles. The quantitative estimate of drug-likeness (QED) is 0.789. The first-order valence-corrected chi connectivity index (χ1v) is 6.47. The van der Waals surface area contributed by atoms with Crippen molar-refractivity contribution in [2.24, 2.45) is 0 Å². The van der Waals surface area contributed by atoms with Crippen LogP contribution in [0.4, 0.5) is 0 Å². The summed E-state index contributed by atoms with van der Waals surface area (Å²) in [5, 5.41) is 11.5. The smallest absolute Gasteiger partial charge is 0.305 e. The summed E-state index contributed by atoms with van der Waals surface area (Å²) in [6.45, 7) is 1.95. The van der Waals surface area contributed by atoms with E-state index < -0.39 is 5.97 Å². The Labute approximate surface area is 114 Å². The third-order valence-electron chi connectivity index (χ3n) is 2.40. The molecule has 1 rings (SSSR count). The molecule has 0 aliphatic rings. The molecule has 1 atom stereocenters. The molecule has 0 radical (unpaired) electrons. The molecule has 0 saturated carbocycles. The molecule has 0 fully saturated rings. The van der Waals surface area contributed by atoms with Crippen LogP contribution in [0.1, 0.15) is 36.5 Å². The Morgan fingerprint density at radius 3 is 2.83 bits per heavy atom. The van der Waals surface area contributed by atoms with Crippen LogP contribution < -0.4 is 5.32 Å². The van der Waals surface area contributed by atoms with E-state index >= 15 is 0 Å². The largest absolute Gasteiger partial charge is 0.481 e. The molecule has 0 aromatic carbocycles. The molecule has 0 aliphatic carbocycles. The van der Waals surface area contributed by atoms with Crippen LogP contribution in [0.2, 0.25) is 0 Å². The molecule has 18 heavy (non-hydrogen) atoms. The van der Waals surface area contributed by atoms with Crippen molar-refractivity contribution in [3.05, 3.63) is 28.5 Å². The highest BCUT2D eigenvalue weighted by Crippen LogP contribution is 2.13. The molecule has 0 spiro atoms. The summed E-state index contributed by atoms with van der Waals surface area (Å²) in [4.78, 5) is 26.6. The van der Waals surface area contributed by atoms with Crippen molar-refractivity contribution in [3.63, 3.8) is 0 Å². The van der Waals surface area contributed by atoms with Crippen LogP contribution in [0.15, 0.2) is 22.9 Å². The van der Waals surface area contributed by atoms with Crippen LogP contribution in [0, 0.1) is 0 Å². The van der Waals surface area contributed by atoms with E-state index in [4.69, 9.17) is 5.11 Å². The Hall–Kier alpha value is -1.43. The van der Waals surface area contributed by atoms with Gasteiger partial charge in [-0.25, -0.2) is 4.98 Å². The Bertz CT molecular complexity index is 437. The van der Waals surface area contributed by atoms with Gasteiger partial charge in [0.1, 0.15) is 4.60 Å². The van der Waals surface area contributed by atoms with E-state index in [9.17, 15) is 9.59 Å². The first-order chi connectivity index (χ1) is 8.54. The number of nitrogens with one attached hydrogen (secondary N) is 1. The molecule has 98 valence electrons. The van der Waals surface area contributed by atoms with Gasteiger partial charge in [0.2, 0.25) is 0 Å². The summed E-state index contributed by atoms with van der Waals surface area (Å²) in [5.74, 6) is -1.23. The summed E-state index contributed by atoms with van der Waals surface area (Å²) in [5.41, 5.74) is 0.406. The molecular weight excluding hydrogens is 300 g/mol. The number of carboxylic acids is 1. The number of pyridine rings is 1. The van der Waals surface area contributed by atoms with Gasteiger partial charge in [0, 0.05) is 12.2 Å². The number of nitrogens with zero attached hydrogens (tertiary/aromatic N) is 1. The summed E-state index contributed by atoms with van der Waals surface area (Å²) in [6.07, 6.45) is 2.95. The molecule has 0 aliphatic heterocycles. The molecule has 1 aromatic rings. The zero-order chi connectivity index (χ0) is 13.5. The molecule has 1 amide bonds. The normalized spacial score (nSPS) is 11.9. The predicted molar refractivity (Wildman–Crippen MR) is 70.4 cm³/mol. The number of hydrogen-bond acceptors (Lipinski definition) is 3. The van der Waals surface area contributed by atoms with Crippen LogP contribution >= 0.6 is 15.9 Å². The van der Waals surface area contributed by atoms with Crippen LogP contribution in [0.5, 0.6) is 0 Å². The number of aliphatic carboxylic acids is 1. The highest BCUT2D eigenvalue weighted by molar-refractivity contribution is 9.10. The highest BCUT2D eigenvalue weighted by atomic mass is 79.9. The Morgan fingerprint density at radius 2 is 2.28 bits per heavy atom. The lowest BCUT2D eigenvalue weighted by Gasteiger charge is -2.16. The molecule has 0 saturated heterocycles. The topological polar surface area (TPSA) is 79.3 Å². The second kappa shape index (κ2) is 7.10. The fourth-order valence-corrected chi connectivity index (χ4v) is 2.03. The summed E-state index contributed by atoms with van der Waals surface area (Å²) in [7, 11) is 0. The first-order valence-electron chi connectivity index (χ1n) is 5.67. The maximum absolute atomic E-state index is 12.0. The van der Waals surface area contributed by atoms with Gasteiger partial charge >= 0.3 is 5.97 Å². The Kier molecular flexibility index (Phi) is 5.77. The van der Waals surface area contributed by atoms with Gasteiger partial charge in [-0.15, -0.1) is 0 Å². The van der Waals surface area contributed by atoms with Crippen molar-refractivity contribution in [2.45, 2.75) is 32.2 Å². The standard InChI is InChI=1S/C12H15BrN2O3/c1-2-4-8(7-10(16)17)15-12(18)9-5-3-6-14-11(9)13/h3,5-6,8H,2,4,7H2,1H3,(H,15,18)(H,16,17). The van der Waals surface area contributed by atoms with Gasteiger partial charge in [0.05, 0.1) is 12.0 Å². The number of amides is 1. The maximum Gasteiger partial charge on any atom is 0.305 e. The predicted octanol–water partition coefficient (Wildman–Crippen LogP) is 2.22. The molecule has 0 bridgehead atoms. The van der Waals surface area contributed by atoms with E-state index in [0.717, 1.165) is 6.42 Å². The van der Waals surface area contributed by atoms with E-state index in [0.29, 0.717) is 16.6 Å². The average molecular weight is 315 g/mol. The van der Waals surface area contributed by atoms with Crippen molar-refractivity contribution in [2.75, 3.05) is 0 Å². The molecule has 1 heterocycles. The number of carbonyl (C=O) groups is 2. The third kappa shape index (κ3) is 4.44. The molecule has 6 heteroatoms. The van der Waals surface area contributed by atoms with Crippen molar-refractivity contribution in [3.8, 4) is 0 Å². The second-order valence-electron chi connectivity index (χ2n) is 3.90. The minimum atomic E-state index is -0.918. The summed E-state index contributed by atoms with van der Waals surface area (Å²) >= 11 is 3.19. The van der Waals surface area contributed by atoms with Gasteiger partial charge in [-0.1, -0.05) is 13.3 Å². The van der Waals surface area contributed by atoms with Crippen LogP contribution in [0.3, 0.4) is 0 Å². The molecule has 2 N–H and O–H groups in total. The SMILES string of the molecule is CCCC(CC(=O)O)NC(=O)c1cccnc1Br. The first kappa shape index (κ1) is 14.6. The summed E-state index contributed by atoms with van der Waals surface area (Å²) in [6, 6.07) is 2.94. The van der Waals surface area contributed by atoms with E-state index in [1.54, 1.807) is 18.3 Å². The van der Waals surface area contributed by atoms with Gasteiger partial charge in [-0.2, -0.15) is 0 Å². The zero-order valence-electron chi connectivity index (χ0n) is 10.0. The lowest BCUT2D eigenvalue weighted by atomic mass is 10.1. The number of carboxylic acid groups (broad SMARTS) is 1. The van der Waals surface area contributed by atoms with Gasteiger partial charge in [0.25, 0.3) is 5.91 Å². The second-order valence-corrected chi connectivity index (χ2v) is 4.65. The molecule has 5 nitrogen and oxygen atoms in total. The van der Waals surface area contributed by atoms with Crippen LogP contribution in [0.25, 0.3) is 0 Å². The van der Waals surface area contributed by atoms with Crippen molar-refractivity contribution < 1.29 is 14.7 Å². The number of aromatic nitrogens is 1. The molecule has 1 unspecified atom stereocenters. The van der Waals surface area contributed by atoms with E-state index in [1.807, 2.05) is 6.92 Å². The third-order valence-corrected chi connectivity index (χ3v) is 3.03. The van der Waals surface area contributed by atoms with Crippen LogP contribution in [-0.2, 0) is 4.79 Å². The van der Waals surface area contributed by atoms with Gasteiger partial charge in [-0.3, -0.25) is 9.59 Å². The lowest BCUT2D eigenvalue weighted by molar-refractivity contribution is -0.137. The van der Waals surface area contributed by atoms with E-state index in [-0.39, 0.29) is 18.4 Å². The molecular formula is C12H15BrN2O3. The fourth-order valence-electron chi connectivity index (χ4n) is 1.60. The van der Waals surface area contributed by atoms with Crippen molar-refractivity contribution >= 4 is 27.8 Å². The van der Waals surface area contributed by atoms with Gasteiger partial charge in [-0.05, 0) is 34.5 Å². The van der Waals surface area contributed by atoms with Crippen molar-refractivity contribution in [1.82, 2.24) is 10.3 Å². The van der Waals surface area contributed by atoms with E-state index in [2.05, 4.69) is 26.2 Å². The van der Waals surface area contributed by atoms with Gasteiger partial charge < -0.3 is 10.4 Å². The minimum Gasteiger partial charge on any atom is -0.481 e. The minimum absolute atomic E-state index is 0.0720. The lowest BCUT2D eigenvalue weighted by Crippen LogP contribution is -2.36. The number of carbonyl (C=O) groups excluding carboxylic acids is 1.